The molecule has 0 amide bonds. The van der Waals surface area contributed by atoms with Crippen LogP contribution in [0.4, 0.5) is 0 Å². The van der Waals surface area contributed by atoms with Gasteiger partial charge in [-0.25, -0.2) is 0 Å². The Balaban J connectivity index is 1.79. The molecule has 0 radical (unpaired) electrons. The molecular formula is C11H17N3O. The Morgan fingerprint density at radius 1 is 1.40 bits per heavy atom. The monoisotopic (exact) mass is 207 g/mol. The summed E-state index contributed by atoms with van der Waals surface area (Å²) in [5.41, 5.74) is 0.915. The van der Waals surface area contributed by atoms with Gasteiger partial charge in [-0.3, -0.25) is 0 Å². The zero-order valence-corrected chi connectivity index (χ0v) is 9.07. The van der Waals surface area contributed by atoms with E-state index in [1.165, 1.54) is 19.3 Å². The first-order valence-electron chi connectivity index (χ1n) is 5.51. The summed E-state index contributed by atoms with van der Waals surface area (Å²) in [6, 6.07) is 4.25. The van der Waals surface area contributed by atoms with Gasteiger partial charge in [-0.2, -0.15) is 5.10 Å². The van der Waals surface area contributed by atoms with Gasteiger partial charge in [-0.1, -0.05) is 6.42 Å². The molecule has 0 bridgehead atoms. The molecule has 15 heavy (non-hydrogen) atoms. The fourth-order valence-corrected chi connectivity index (χ4v) is 1.72. The summed E-state index contributed by atoms with van der Waals surface area (Å²) in [7, 11) is 0. The van der Waals surface area contributed by atoms with Crippen molar-refractivity contribution in [1.29, 1.82) is 0 Å². The Hall–Kier alpha value is -1.16. The van der Waals surface area contributed by atoms with Crippen LogP contribution in [0.1, 0.15) is 25.0 Å². The maximum Gasteiger partial charge on any atom is 0.233 e. The number of rotatable bonds is 3. The Labute approximate surface area is 90.1 Å². The molecule has 1 fully saturated rings. The minimum Gasteiger partial charge on any atom is -0.475 e. The van der Waals surface area contributed by atoms with Crippen molar-refractivity contribution in [2.75, 3.05) is 13.2 Å². The van der Waals surface area contributed by atoms with E-state index in [0.29, 0.717) is 18.5 Å². The predicted molar refractivity (Wildman–Crippen MR) is 57.9 cm³/mol. The third-order valence-electron chi connectivity index (χ3n) is 2.62. The van der Waals surface area contributed by atoms with Gasteiger partial charge in [-0.05, 0) is 32.4 Å². The van der Waals surface area contributed by atoms with E-state index in [9.17, 15) is 0 Å². The molecule has 4 heteroatoms. The van der Waals surface area contributed by atoms with Crippen LogP contribution >= 0.6 is 0 Å². The highest BCUT2D eigenvalue weighted by molar-refractivity contribution is 5.10. The van der Waals surface area contributed by atoms with E-state index < -0.39 is 0 Å². The SMILES string of the molecule is Cc1ccc(OCC2CCCCN2)nn1. The molecule has 0 aromatic carbocycles. The molecule has 82 valence electrons. The quantitative estimate of drug-likeness (QED) is 0.811. The lowest BCUT2D eigenvalue weighted by atomic mass is 10.1. The number of nitrogens with one attached hydrogen (secondary N) is 1. The molecule has 0 spiro atoms. The molecule has 4 nitrogen and oxygen atoms in total. The van der Waals surface area contributed by atoms with Crippen molar-refractivity contribution in [2.24, 2.45) is 0 Å². The zero-order chi connectivity index (χ0) is 10.5. The minimum atomic E-state index is 0.474. The highest BCUT2D eigenvalue weighted by atomic mass is 16.5. The van der Waals surface area contributed by atoms with E-state index in [1.54, 1.807) is 0 Å². The standard InChI is InChI=1S/C11H17N3O/c1-9-5-6-11(14-13-9)15-8-10-4-2-3-7-12-10/h5-6,10,12H,2-4,7-8H2,1H3. The zero-order valence-electron chi connectivity index (χ0n) is 9.07. The second kappa shape index (κ2) is 5.07. The normalized spacial score (nSPS) is 21.3. The minimum absolute atomic E-state index is 0.474. The number of hydrogen-bond donors (Lipinski definition) is 1. The van der Waals surface area contributed by atoms with E-state index in [0.717, 1.165) is 12.2 Å². The lowest BCUT2D eigenvalue weighted by molar-refractivity contribution is 0.230. The first-order chi connectivity index (χ1) is 7.34. The van der Waals surface area contributed by atoms with E-state index >= 15 is 0 Å². The summed E-state index contributed by atoms with van der Waals surface area (Å²) < 4.78 is 5.56. The van der Waals surface area contributed by atoms with Crippen LogP contribution in [0.5, 0.6) is 5.88 Å². The molecule has 1 saturated heterocycles. The highest BCUT2D eigenvalue weighted by Crippen LogP contribution is 2.09. The van der Waals surface area contributed by atoms with E-state index in [1.807, 2.05) is 19.1 Å². The second-order valence-corrected chi connectivity index (χ2v) is 3.97. The van der Waals surface area contributed by atoms with E-state index in [4.69, 9.17) is 4.74 Å². The van der Waals surface area contributed by atoms with Gasteiger partial charge >= 0.3 is 0 Å². The Morgan fingerprint density at radius 3 is 3.00 bits per heavy atom. The van der Waals surface area contributed by atoms with Gasteiger partial charge in [0.15, 0.2) is 0 Å². The number of nitrogens with zero attached hydrogens (tertiary/aromatic N) is 2. The average molecular weight is 207 g/mol. The van der Waals surface area contributed by atoms with Crippen molar-refractivity contribution in [3.63, 3.8) is 0 Å². The molecule has 0 aliphatic carbocycles. The maximum absolute atomic E-state index is 5.56. The number of hydrogen-bond acceptors (Lipinski definition) is 4. The molecule has 1 aliphatic rings. The van der Waals surface area contributed by atoms with Gasteiger partial charge in [0.25, 0.3) is 0 Å². The van der Waals surface area contributed by atoms with Crippen molar-refractivity contribution in [2.45, 2.75) is 32.2 Å². The van der Waals surface area contributed by atoms with Crippen LogP contribution in [-0.4, -0.2) is 29.4 Å². The number of piperidine rings is 1. The summed E-state index contributed by atoms with van der Waals surface area (Å²) >= 11 is 0. The Bertz CT molecular complexity index is 293. The third-order valence-corrected chi connectivity index (χ3v) is 2.62. The molecule has 1 N–H and O–H groups in total. The first kappa shape index (κ1) is 10.4. The van der Waals surface area contributed by atoms with Crippen LogP contribution in [0.25, 0.3) is 0 Å². The molecule has 1 aromatic heterocycles. The summed E-state index contributed by atoms with van der Waals surface area (Å²) in [6.07, 6.45) is 3.76. The molecule has 1 aliphatic heterocycles. The lowest BCUT2D eigenvalue weighted by Crippen LogP contribution is -2.38. The molecule has 1 unspecified atom stereocenters. The third kappa shape index (κ3) is 3.16. The van der Waals surface area contributed by atoms with E-state index in [-0.39, 0.29) is 0 Å². The fraction of sp³-hybridized carbons (Fsp3) is 0.636. The summed E-state index contributed by atoms with van der Waals surface area (Å²) in [5.74, 6) is 0.618. The molecular weight excluding hydrogens is 190 g/mol. The van der Waals surface area contributed by atoms with Crippen LogP contribution in [0.15, 0.2) is 12.1 Å². The largest absolute Gasteiger partial charge is 0.475 e. The number of ether oxygens (including phenoxy) is 1. The predicted octanol–water partition coefficient (Wildman–Crippen LogP) is 1.31. The number of aromatic nitrogens is 2. The van der Waals surface area contributed by atoms with Crippen LogP contribution in [0, 0.1) is 6.92 Å². The molecule has 0 saturated carbocycles. The fourth-order valence-electron chi connectivity index (χ4n) is 1.72. The van der Waals surface area contributed by atoms with Crippen molar-refractivity contribution < 1.29 is 4.74 Å². The topological polar surface area (TPSA) is 47.0 Å². The van der Waals surface area contributed by atoms with Gasteiger partial charge in [0.1, 0.15) is 6.61 Å². The molecule has 2 heterocycles. The van der Waals surface area contributed by atoms with Crippen molar-refractivity contribution in [3.05, 3.63) is 17.8 Å². The summed E-state index contributed by atoms with van der Waals surface area (Å²) in [6.45, 7) is 3.71. The van der Waals surface area contributed by atoms with Crippen LogP contribution in [0.3, 0.4) is 0 Å². The van der Waals surface area contributed by atoms with Crippen LogP contribution < -0.4 is 10.1 Å². The van der Waals surface area contributed by atoms with E-state index in [2.05, 4.69) is 15.5 Å². The molecule has 1 aromatic rings. The molecule has 2 rings (SSSR count). The van der Waals surface area contributed by atoms with Crippen molar-refractivity contribution in [1.82, 2.24) is 15.5 Å². The average Bonchev–Trinajstić information content (AvgIpc) is 2.30. The second-order valence-electron chi connectivity index (χ2n) is 3.97. The lowest BCUT2D eigenvalue weighted by Gasteiger charge is -2.22. The maximum atomic E-state index is 5.56. The van der Waals surface area contributed by atoms with Gasteiger partial charge in [0, 0.05) is 12.1 Å². The van der Waals surface area contributed by atoms with Gasteiger partial charge in [0.2, 0.25) is 5.88 Å². The van der Waals surface area contributed by atoms with Crippen molar-refractivity contribution in [3.8, 4) is 5.88 Å². The highest BCUT2D eigenvalue weighted by Gasteiger charge is 2.12. The van der Waals surface area contributed by atoms with Crippen molar-refractivity contribution >= 4 is 0 Å². The summed E-state index contributed by atoms with van der Waals surface area (Å²) in [5, 5.41) is 11.3. The smallest absolute Gasteiger partial charge is 0.233 e. The Morgan fingerprint density at radius 2 is 2.33 bits per heavy atom. The van der Waals surface area contributed by atoms with Gasteiger partial charge in [0.05, 0.1) is 5.69 Å². The summed E-state index contributed by atoms with van der Waals surface area (Å²) in [4.78, 5) is 0. The first-order valence-corrected chi connectivity index (χ1v) is 5.51. The van der Waals surface area contributed by atoms with Gasteiger partial charge in [-0.15, -0.1) is 5.10 Å². The number of aryl methyl sites for hydroxylation is 1. The van der Waals surface area contributed by atoms with Crippen LogP contribution in [-0.2, 0) is 0 Å². The Kier molecular flexibility index (Phi) is 3.50. The molecule has 1 atom stereocenters. The van der Waals surface area contributed by atoms with Gasteiger partial charge < -0.3 is 10.1 Å². The van der Waals surface area contributed by atoms with Crippen LogP contribution in [0.2, 0.25) is 0 Å².